The number of hydrogen-bond acceptors (Lipinski definition) is 3. The molecule has 2 saturated heterocycles. The molecular formula is C13H27N3. The van der Waals surface area contributed by atoms with Gasteiger partial charge in [0.2, 0.25) is 0 Å². The van der Waals surface area contributed by atoms with Gasteiger partial charge >= 0.3 is 0 Å². The minimum atomic E-state index is 0.661. The second kappa shape index (κ2) is 5.48. The lowest BCUT2D eigenvalue weighted by Gasteiger charge is -2.46. The van der Waals surface area contributed by atoms with Gasteiger partial charge in [-0.2, -0.15) is 0 Å². The van der Waals surface area contributed by atoms with E-state index in [4.69, 9.17) is 5.73 Å². The topological polar surface area (TPSA) is 32.5 Å². The Labute approximate surface area is 100.0 Å². The van der Waals surface area contributed by atoms with Crippen LogP contribution in [0.4, 0.5) is 0 Å². The molecule has 2 aliphatic heterocycles. The van der Waals surface area contributed by atoms with Crippen molar-refractivity contribution in [3.05, 3.63) is 0 Å². The zero-order chi connectivity index (χ0) is 11.5. The summed E-state index contributed by atoms with van der Waals surface area (Å²) in [5, 5.41) is 0. The highest BCUT2D eigenvalue weighted by Gasteiger charge is 2.32. The van der Waals surface area contributed by atoms with Crippen molar-refractivity contribution in [1.29, 1.82) is 0 Å². The fraction of sp³-hybridized carbons (Fsp3) is 1.00. The maximum absolute atomic E-state index is 5.91. The first kappa shape index (κ1) is 12.3. The first-order chi connectivity index (χ1) is 7.72. The normalized spacial score (nSPS) is 38.8. The zero-order valence-electron chi connectivity index (χ0n) is 10.9. The largest absolute Gasteiger partial charge is 0.329 e. The Morgan fingerprint density at radius 1 is 1.19 bits per heavy atom. The van der Waals surface area contributed by atoms with Gasteiger partial charge in [0, 0.05) is 24.7 Å². The summed E-state index contributed by atoms with van der Waals surface area (Å²) < 4.78 is 0. The predicted molar refractivity (Wildman–Crippen MR) is 68.5 cm³/mol. The summed E-state index contributed by atoms with van der Waals surface area (Å²) in [5.74, 6) is 0. The maximum Gasteiger partial charge on any atom is 0.0221 e. The highest BCUT2D eigenvalue weighted by molar-refractivity contribution is 4.88. The van der Waals surface area contributed by atoms with Gasteiger partial charge in [-0.3, -0.25) is 4.90 Å². The highest BCUT2D eigenvalue weighted by atomic mass is 15.2. The van der Waals surface area contributed by atoms with E-state index in [0.29, 0.717) is 6.04 Å². The minimum absolute atomic E-state index is 0.661. The molecule has 0 amide bonds. The first-order valence-corrected chi connectivity index (χ1v) is 6.88. The van der Waals surface area contributed by atoms with Crippen molar-refractivity contribution >= 4 is 0 Å². The van der Waals surface area contributed by atoms with Gasteiger partial charge in [0.25, 0.3) is 0 Å². The SMILES string of the molecule is CC1CC(N2CCCCC2CN)CCN1C. The maximum atomic E-state index is 5.91. The molecule has 3 atom stereocenters. The molecule has 2 rings (SSSR count). The van der Waals surface area contributed by atoms with E-state index >= 15 is 0 Å². The molecule has 2 heterocycles. The van der Waals surface area contributed by atoms with Crippen LogP contribution >= 0.6 is 0 Å². The molecule has 2 fully saturated rings. The average molecular weight is 225 g/mol. The van der Waals surface area contributed by atoms with Crippen LogP contribution in [0.5, 0.6) is 0 Å². The van der Waals surface area contributed by atoms with E-state index < -0.39 is 0 Å². The van der Waals surface area contributed by atoms with Crippen LogP contribution in [0.3, 0.4) is 0 Å². The van der Waals surface area contributed by atoms with E-state index in [2.05, 4.69) is 23.8 Å². The fourth-order valence-electron chi connectivity index (χ4n) is 3.32. The van der Waals surface area contributed by atoms with Gasteiger partial charge in [0.05, 0.1) is 0 Å². The summed E-state index contributed by atoms with van der Waals surface area (Å²) in [6.07, 6.45) is 6.72. The molecule has 3 nitrogen and oxygen atoms in total. The van der Waals surface area contributed by atoms with Crippen LogP contribution < -0.4 is 5.73 Å². The molecule has 94 valence electrons. The van der Waals surface area contributed by atoms with E-state index in [0.717, 1.165) is 18.6 Å². The summed E-state index contributed by atoms with van der Waals surface area (Å²) in [6.45, 7) is 5.73. The van der Waals surface area contributed by atoms with Crippen LogP contribution in [0.15, 0.2) is 0 Å². The van der Waals surface area contributed by atoms with E-state index in [1.54, 1.807) is 0 Å². The number of piperidine rings is 2. The second-order valence-electron chi connectivity index (χ2n) is 5.63. The van der Waals surface area contributed by atoms with Crippen LogP contribution in [-0.2, 0) is 0 Å². The smallest absolute Gasteiger partial charge is 0.0221 e. The van der Waals surface area contributed by atoms with Crippen molar-refractivity contribution in [3.63, 3.8) is 0 Å². The van der Waals surface area contributed by atoms with Gasteiger partial charge in [-0.05, 0) is 52.7 Å². The number of likely N-dealkylation sites (tertiary alicyclic amines) is 2. The van der Waals surface area contributed by atoms with E-state index in [1.807, 2.05) is 0 Å². The highest BCUT2D eigenvalue weighted by Crippen LogP contribution is 2.26. The molecule has 0 saturated carbocycles. The lowest BCUT2D eigenvalue weighted by molar-refractivity contribution is 0.0407. The molecular weight excluding hydrogens is 198 g/mol. The predicted octanol–water partition coefficient (Wildman–Crippen LogP) is 1.28. The van der Waals surface area contributed by atoms with Gasteiger partial charge in [-0.25, -0.2) is 0 Å². The molecule has 3 heteroatoms. The number of hydrogen-bond donors (Lipinski definition) is 1. The second-order valence-corrected chi connectivity index (χ2v) is 5.63. The van der Waals surface area contributed by atoms with Crippen molar-refractivity contribution in [2.24, 2.45) is 5.73 Å². The molecule has 16 heavy (non-hydrogen) atoms. The van der Waals surface area contributed by atoms with E-state index in [-0.39, 0.29) is 0 Å². The molecule has 0 aromatic rings. The van der Waals surface area contributed by atoms with Crippen molar-refractivity contribution in [2.45, 2.75) is 57.2 Å². The Morgan fingerprint density at radius 2 is 2.00 bits per heavy atom. The molecule has 0 aromatic carbocycles. The third-order valence-electron chi connectivity index (χ3n) is 4.59. The Morgan fingerprint density at radius 3 is 2.69 bits per heavy atom. The monoisotopic (exact) mass is 225 g/mol. The minimum Gasteiger partial charge on any atom is -0.329 e. The Balaban J connectivity index is 1.95. The van der Waals surface area contributed by atoms with E-state index in [1.165, 1.54) is 45.2 Å². The summed E-state index contributed by atoms with van der Waals surface area (Å²) >= 11 is 0. The summed E-state index contributed by atoms with van der Waals surface area (Å²) in [4.78, 5) is 5.20. The van der Waals surface area contributed by atoms with Gasteiger partial charge < -0.3 is 10.6 Å². The fourth-order valence-corrected chi connectivity index (χ4v) is 3.32. The van der Waals surface area contributed by atoms with Crippen molar-refractivity contribution in [1.82, 2.24) is 9.80 Å². The quantitative estimate of drug-likeness (QED) is 0.768. The van der Waals surface area contributed by atoms with Crippen LogP contribution in [0, 0.1) is 0 Å². The van der Waals surface area contributed by atoms with Crippen molar-refractivity contribution in [2.75, 3.05) is 26.7 Å². The molecule has 0 radical (unpaired) electrons. The molecule has 0 aromatic heterocycles. The Bertz CT molecular complexity index is 219. The van der Waals surface area contributed by atoms with Crippen LogP contribution in [0.2, 0.25) is 0 Å². The molecule has 0 aliphatic carbocycles. The average Bonchev–Trinajstić information content (AvgIpc) is 2.32. The Kier molecular flexibility index (Phi) is 4.22. The van der Waals surface area contributed by atoms with Crippen LogP contribution in [0.25, 0.3) is 0 Å². The first-order valence-electron chi connectivity index (χ1n) is 6.88. The zero-order valence-corrected chi connectivity index (χ0v) is 10.9. The summed E-state index contributed by atoms with van der Waals surface area (Å²) in [7, 11) is 2.25. The summed E-state index contributed by atoms with van der Waals surface area (Å²) in [5.41, 5.74) is 5.91. The number of nitrogens with zero attached hydrogens (tertiary/aromatic N) is 2. The van der Waals surface area contributed by atoms with E-state index in [9.17, 15) is 0 Å². The van der Waals surface area contributed by atoms with Gasteiger partial charge in [0.1, 0.15) is 0 Å². The van der Waals surface area contributed by atoms with Gasteiger partial charge in [-0.1, -0.05) is 6.42 Å². The van der Waals surface area contributed by atoms with Crippen molar-refractivity contribution < 1.29 is 0 Å². The lowest BCUT2D eigenvalue weighted by atomic mass is 9.92. The van der Waals surface area contributed by atoms with Crippen LogP contribution in [-0.4, -0.2) is 54.6 Å². The molecule has 3 unspecified atom stereocenters. The molecule has 0 spiro atoms. The molecule has 2 N–H and O–H groups in total. The third kappa shape index (κ3) is 2.58. The van der Waals surface area contributed by atoms with Crippen LogP contribution in [0.1, 0.15) is 39.0 Å². The van der Waals surface area contributed by atoms with Gasteiger partial charge in [0.15, 0.2) is 0 Å². The molecule has 2 aliphatic rings. The summed E-state index contributed by atoms with van der Waals surface area (Å²) in [6, 6.07) is 2.19. The number of nitrogens with two attached hydrogens (primary N) is 1. The van der Waals surface area contributed by atoms with Gasteiger partial charge in [-0.15, -0.1) is 0 Å². The third-order valence-corrected chi connectivity index (χ3v) is 4.59. The van der Waals surface area contributed by atoms with Crippen molar-refractivity contribution in [3.8, 4) is 0 Å². The Hall–Kier alpha value is -0.120. The standard InChI is InChI=1S/C13H27N3/c1-11-9-12(6-8-15(11)2)16-7-4-3-5-13(16)10-14/h11-13H,3-10,14H2,1-2H3. The number of rotatable bonds is 2. The lowest BCUT2D eigenvalue weighted by Crippen LogP contribution is -2.54. The molecule has 0 bridgehead atoms.